The maximum absolute atomic E-state index is 5.84. The van der Waals surface area contributed by atoms with E-state index in [0.717, 1.165) is 23.4 Å². The van der Waals surface area contributed by atoms with Crippen LogP contribution >= 0.6 is 0 Å². The Morgan fingerprint density at radius 3 is 2.40 bits per heavy atom. The number of ether oxygens (including phenoxy) is 1. The first-order valence-electron chi connectivity index (χ1n) is 8.67. The van der Waals surface area contributed by atoms with E-state index in [1.54, 1.807) is 7.11 Å². The number of methoxy groups -OCH3 is 1. The van der Waals surface area contributed by atoms with E-state index >= 15 is 0 Å². The Morgan fingerprint density at radius 2 is 1.68 bits per heavy atom. The molecule has 0 N–H and O–H groups in total. The zero-order valence-corrected chi connectivity index (χ0v) is 15.2. The van der Waals surface area contributed by atoms with Gasteiger partial charge in [0.2, 0.25) is 0 Å². The van der Waals surface area contributed by atoms with Crippen LogP contribution in [0, 0.1) is 0 Å². The molecule has 0 saturated carbocycles. The Balaban J connectivity index is 2.10. The quantitative estimate of drug-likeness (QED) is 0.653. The highest BCUT2D eigenvalue weighted by atomic mass is 16.5. The van der Waals surface area contributed by atoms with Gasteiger partial charge in [-0.3, -0.25) is 0 Å². The average Bonchev–Trinajstić information content (AvgIpc) is 3.03. The molecule has 1 aliphatic carbocycles. The molecule has 0 bridgehead atoms. The predicted octanol–water partition coefficient (Wildman–Crippen LogP) is 4.61. The standard InChI is InChI=1S/C21H23N3O/c1-21(2,3)24-20-15-10-6-5-9-14(15)13-18(25-4)16-11-7-8-12-17(16)19(20)22-23-24/h5-12,18H,13H2,1-4H3. The van der Waals surface area contributed by atoms with Crippen LogP contribution in [0.25, 0.3) is 22.5 Å². The fourth-order valence-electron chi connectivity index (χ4n) is 3.62. The number of nitrogens with zero attached hydrogens (tertiary/aromatic N) is 3. The molecule has 4 nitrogen and oxygen atoms in total. The van der Waals surface area contributed by atoms with Crippen LogP contribution in [-0.2, 0) is 16.7 Å². The van der Waals surface area contributed by atoms with Crippen molar-refractivity contribution in [3.63, 3.8) is 0 Å². The predicted molar refractivity (Wildman–Crippen MR) is 99.3 cm³/mol. The summed E-state index contributed by atoms with van der Waals surface area (Å²) in [6.45, 7) is 6.48. The van der Waals surface area contributed by atoms with Gasteiger partial charge in [0.25, 0.3) is 0 Å². The zero-order chi connectivity index (χ0) is 17.6. The molecule has 4 rings (SSSR count). The summed E-state index contributed by atoms with van der Waals surface area (Å²) in [6.07, 6.45) is 0.837. The highest BCUT2D eigenvalue weighted by Crippen LogP contribution is 2.42. The molecule has 1 heterocycles. The molecule has 2 aromatic carbocycles. The van der Waals surface area contributed by atoms with Gasteiger partial charge in [-0.05, 0) is 31.9 Å². The third kappa shape index (κ3) is 2.57. The minimum Gasteiger partial charge on any atom is -0.376 e. The minimum absolute atomic E-state index is 0.00490. The van der Waals surface area contributed by atoms with Gasteiger partial charge in [-0.25, -0.2) is 4.68 Å². The van der Waals surface area contributed by atoms with E-state index in [1.165, 1.54) is 16.7 Å². The number of hydrogen-bond acceptors (Lipinski definition) is 3. The molecule has 3 aromatic rings. The molecule has 1 atom stereocenters. The monoisotopic (exact) mass is 333 g/mol. The van der Waals surface area contributed by atoms with Crippen LogP contribution < -0.4 is 0 Å². The van der Waals surface area contributed by atoms with Crippen LogP contribution in [0.1, 0.15) is 38.0 Å². The van der Waals surface area contributed by atoms with E-state index < -0.39 is 0 Å². The molecule has 0 radical (unpaired) electrons. The Labute approximate surface area is 148 Å². The number of benzene rings is 2. The lowest BCUT2D eigenvalue weighted by atomic mass is 9.87. The lowest BCUT2D eigenvalue weighted by molar-refractivity contribution is 0.104. The van der Waals surface area contributed by atoms with Crippen molar-refractivity contribution in [3.8, 4) is 22.5 Å². The molecular weight excluding hydrogens is 310 g/mol. The maximum Gasteiger partial charge on any atom is 0.121 e. The second-order valence-electron chi connectivity index (χ2n) is 7.54. The van der Waals surface area contributed by atoms with Crippen molar-refractivity contribution in [1.82, 2.24) is 15.0 Å². The van der Waals surface area contributed by atoms with Gasteiger partial charge in [0, 0.05) is 24.7 Å². The molecule has 1 aliphatic rings. The first-order valence-corrected chi connectivity index (χ1v) is 8.67. The number of aromatic nitrogens is 3. The third-order valence-electron chi connectivity index (χ3n) is 4.83. The summed E-state index contributed by atoms with van der Waals surface area (Å²) >= 11 is 0. The number of rotatable bonds is 1. The van der Waals surface area contributed by atoms with E-state index in [9.17, 15) is 0 Å². The average molecular weight is 333 g/mol. The summed E-state index contributed by atoms with van der Waals surface area (Å²) in [7, 11) is 1.78. The molecule has 25 heavy (non-hydrogen) atoms. The Kier molecular flexibility index (Phi) is 3.73. The van der Waals surface area contributed by atoms with Gasteiger partial charge < -0.3 is 4.74 Å². The van der Waals surface area contributed by atoms with Gasteiger partial charge in [-0.2, -0.15) is 0 Å². The van der Waals surface area contributed by atoms with Crippen molar-refractivity contribution in [2.75, 3.05) is 7.11 Å². The summed E-state index contributed by atoms with van der Waals surface area (Å²) in [4.78, 5) is 0. The van der Waals surface area contributed by atoms with Gasteiger partial charge >= 0.3 is 0 Å². The smallest absolute Gasteiger partial charge is 0.121 e. The second-order valence-corrected chi connectivity index (χ2v) is 7.54. The van der Waals surface area contributed by atoms with Crippen molar-refractivity contribution in [2.45, 2.75) is 38.8 Å². The van der Waals surface area contributed by atoms with Gasteiger partial charge in [-0.1, -0.05) is 53.7 Å². The minimum atomic E-state index is -0.150. The second kappa shape index (κ2) is 5.81. The highest BCUT2D eigenvalue weighted by Gasteiger charge is 2.30. The third-order valence-corrected chi connectivity index (χ3v) is 4.83. The van der Waals surface area contributed by atoms with Crippen LogP contribution in [0.2, 0.25) is 0 Å². The molecule has 1 unspecified atom stereocenters. The molecule has 0 aliphatic heterocycles. The SMILES string of the molecule is COC1Cc2ccccc2-c2c(nnn2C(C)(C)C)-c2ccccc21. The lowest BCUT2D eigenvalue weighted by Gasteiger charge is -2.26. The van der Waals surface area contributed by atoms with Gasteiger partial charge in [-0.15, -0.1) is 5.10 Å². The molecular formula is C21H23N3O. The van der Waals surface area contributed by atoms with E-state index in [1.807, 2.05) is 4.68 Å². The summed E-state index contributed by atoms with van der Waals surface area (Å²) in [5, 5.41) is 9.12. The summed E-state index contributed by atoms with van der Waals surface area (Å²) in [5.41, 5.74) is 6.59. The van der Waals surface area contributed by atoms with Gasteiger partial charge in [0.1, 0.15) is 5.69 Å². The van der Waals surface area contributed by atoms with Gasteiger partial charge in [0.05, 0.1) is 17.3 Å². The molecule has 0 amide bonds. The van der Waals surface area contributed by atoms with Crippen LogP contribution in [0.15, 0.2) is 48.5 Å². The van der Waals surface area contributed by atoms with Crippen LogP contribution in [0.3, 0.4) is 0 Å². The molecule has 0 spiro atoms. The summed E-state index contributed by atoms with van der Waals surface area (Å²) < 4.78 is 7.89. The molecule has 0 fully saturated rings. The molecule has 4 heteroatoms. The highest BCUT2D eigenvalue weighted by molar-refractivity contribution is 5.82. The topological polar surface area (TPSA) is 39.9 Å². The van der Waals surface area contributed by atoms with Crippen LogP contribution in [0.5, 0.6) is 0 Å². The Bertz CT molecular complexity index is 921. The first kappa shape index (κ1) is 16.0. The van der Waals surface area contributed by atoms with E-state index in [-0.39, 0.29) is 11.6 Å². The maximum atomic E-state index is 5.84. The van der Waals surface area contributed by atoms with E-state index in [2.05, 4.69) is 79.6 Å². The molecule has 128 valence electrons. The lowest BCUT2D eigenvalue weighted by Crippen LogP contribution is -2.24. The number of fused-ring (bicyclic) bond motifs is 5. The fourth-order valence-corrected chi connectivity index (χ4v) is 3.62. The van der Waals surface area contributed by atoms with Crippen molar-refractivity contribution in [1.29, 1.82) is 0 Å². The van der Waals surface area contributed by atoms with Crippen LogP contribution in [0.4, 0.5) is 0 Å². The number of hydrogen-bond donors (Lipinski definition) is 0. The van der Waals surface area contributed by atoms with Gasteiger partial charge in [0.15, 0.2) is 0 Å². The van der Waals surface area contributed by atoms with Crippen molar-refractivity contribution in [3.05, 3.63) is 59.7 Å². The first-order chi connectivity index (χ1) is 12.0. The van der Waals surface area contributed by atoms with Crippen molar-refractivity contribution in [2.24, 2.45) is 0 Å². The van der Waals surface area contributed by atoms with E-state index in [4.69, 9.17) is 4.74 Å². The normalized spacial score (nSPS) is 16.4. The summed E-state index contributed by atoms with van der Waals surface area (Å²) in [5.74, 6) is 0. The Morgan fingerprint density at radius 1 is 1.00 bits per heavy atom. The van der Waals surface area contributed by atoms with E-state index in [0.29, 0.717) is 0 Å². The summed E-state index contributed by atoms with van der Waals surface area (Å²) in [6, 6.07) is 16.9. The Hall–Kier alpha value is -2.46. The van der Waals surface area contributed by atoms with Crippen molar-refractivity contribution < 1.29 is 4.74 Å². The van der Waals surface area contributed by atoms with Crippen molar-refractivity contribution >= 4 is 0 Å². The molecule has 0 saturated heterocycles. The zero-order valence-electron chi connectivity index (χ0n) is 15.2. The molecule has 1 aromatic heterocycles. The largest absolute Gasteiger partial charge is 0.376 e. The fraction of sp³-hybridized carbons (Fsp3) is 0.333. The van der Waals surface area contributed by atoms with Crippen LogP contribution in [-0.4, -0.2) is 22.1 Å².